The van der Waals surface area contributed by atoms with Crippen LogP contribution in [0, 0.1) is 0 Å². The molecule has 172 valence electrons. The van der Waals surface area contributed by atoms with Crippen molar-refractivity contribution in [1.29, 1.82) is 0 Å². The second-order valence-electron chi connectivity index (χ2n) is 7.80. The number of ether oxygens (including phenoxy) is 1. The van der Waals surface area contributed by atoms with Crippen LogP contribution in [0.3, 0.4) is 0 Å². The monoisotopic (exact) mass is 459 g/mol. The van der Waals surface area contributed by atoms with Crippen molar-refractivity contribution in [3.8, 4) is 5.75 Å². The van der Waals surface area contributed by atoms with Crippen molar-refractivity contribution in [2.24, 2.45) is 5.14 Å². The first kappa shape index (κ1) is 23.9. The molecule has 3 N–H and O–H groups in total. The largest absolute Gasteiger partial charge is 0.494 e. The Morgan fingerprint density at radius 3 is 2.34 bits per heavy atom. The van der Waals surface area contributed by atoms with Crippen LogP contribution in [0.15, 0.2) is 53.4 Å². The van der Waals surface area contributed by atoms with E-state index in [1.807, 2.05) is 0 Å². The second kappa shape index (κ2) is 10.7. The van der Waals surface area contributed by atoms with Crippen molar-refractivity contribution in [2.45, 2.75) is 56.5 Å². The van der Waals surface area contributed by atoms with E-state index in [1.165, 1.54) is 29.9 Å². The number of anilines is 1. The molecule has 1 aliphatic heterocycles. The Kier molecular flexibility index (Phi) is 8.00. The van der Waals surface area contributed by atoms with Gasteiger partial charge in [-0.25, -0.2) is 18.5 Å². The van der Waals surface area contributed by atoms with Crippen molar-refractivity contribution in [3.63, 3.8) is 0 Å². The van der Waals surface area contributed by atoms with Gasteiger partial charge in [0.2, 0.25) is 15.9 Å². The third kappa shape index (κ3) is 6.15. The molecule has 8 nitrogen and oxygen atoms in total. The number of nitrogens with two attached hydrogens (primary N) is 1. The van der Waals surface area contributed by atoms with Crippen LogP contribution in [0.5, 0.6) is 5.75 Å². The molecule has 3 rings (SSSR count). The van der Waals surface area contributed by atoms with E-state index in [1.54, 1.807) is 36.4 Å². The molecule has 0 radical (unpaired) electrons. The predicted molar refractivity (Wildman–Crippen MR) is 122 cm³/mol. The summed E-state index contributed by atoms with van der Waals surface area (Å²) in [4.78, 5) is 26.5. The van der Waals surface area contributed by atoms with Gasteiger partial charge in [0.15, 0.2) is 0 Å². The van der Waals surface area contributed by atoms with Gasteiger partial charge in [-0.3, -0.25) is 9.59 Å². The minimum atomic E-state index is -3.75. The molecular formula is C23H29N3O5S. The first-order chi connectivity index (χ1) is 15.3. The molecule has 1 atom stereocenters. The van der Waals surface area contributed by atoms with Crippen LogP contribution in [0.25, 0.3) is 0 Å². The van der Waals surface area contributed by atoms with Crippen LogP contribution < -0.4 is 20.1 Å². The van der Waals surface area contributed by atoms with Gasteiger partial charge in [0.25, 0.3) is 5.91 Å². The summed E-state index contributed by atoms with van der Waals surface area (Å²) in [6, 6.07) is 12.4. The second-order valence-corrected chi connectivity index (χ2v) is 9.36. The molecule has 32 heavy (non-hydrogen) atoms. The van der Waals surface area contributed by atoms with Gasteiger partial charge in [0.05, 0.1) is 29.7 Å². The van der Waals surface area contributed by atoms with Gasteiger partial charge in [-0.05, 0) is 48.4 Å². The van der Waals surface area contributed by atoms with Crippen LogP contribution in [-0.4, -0.2) is 32.9 Å². The van der Waals surface area contributed by atoms with Gasteiger partial charge >= 0.3 is 0 Å². The lowest BCUT2D eigenvalue weighted by Gasteiger charge is -2.16. The molecule has 0 aromatic heterocycles. The third-order valence-electron chi connectivity index (χ3n) is 5.31. The number of imide groups is 1. The van der Waals surface area contributed by atoms with Gasteiger partial charge in [0, 0.05) is 6.54 Å². The molecular weight excluding hydrogens is 430 g/mol. The van der Waals surface area contributed by atoms with E-state index in [2.05, 4.69) is 12.2 Å². The number of nitrogens with zero attached hydrogens (tertiary/aromatic N) is 1. The number of nitrogens with one attached hydrogen (secondary N) is 1. The summed E-state index contributed by atoms with van der Waals surface area (Å²) in [5.74, 6) is 0.122. The number of carbonyl (C=O) groups excluding carboxylic acids is 2. The molecule has 2 amide bonds. The Balaban J connectivity index is 1.55. The summed E-state index contributed by atoms with van der Waals surface area (Å²) in [5.41, 5.74) is 1.29. The number of sulfonamides is 1. The highest BCUT2D eigenvalue weighted by Gasteiger charge is 2.39. The van der Waals surface area contributed by atoms with E-state index < -0.39 is 16.1 Å². The Morgan fingerprint density at radius 2 is 1.72 bits per heavy atom. The topological polar surface area (TPSA) is 119 Å². The first-order valence-electron chi connectivity index (χ1n) is 10.7. The van der Waals surface area contributed by atoms with E-state index in [-0.39, 0.29) is 23.1 Å². The normalized spacial score (nSPS) is 16.6. The standard InChI is InChI=1S/C23H29N3O5S/c1-2-3-4-5-14-31-19-10-8-18(9-11-19)26-22(27)15-21(23(26)28)25-16-17-6-12-20(13-7-17)32(24,29)30/h6-13,21,25H,2-5,14-16H2,1H3,(H2,24,29,30)/t21-/m0/s1. The van der Waals surface area contributed by atoms with Crippen molar-refractivity contribution in [2.75, 3.05) is 11.5 Å². The molecule has 2 aromatic rings. The van der Waals surface area contributed by atoms with Crippen molar-refractivity contribution >= 4 is 27.5 Å². The van der Waals surface area contributed by atoms with E-state index >= 15 is 0 Å². The maximum absolute atomic E-state index is 12.8. The number of carbonyl (C=O) groups is 2. The van der Waals surface area contributed by atoms with Gasteiger partial charge in [-0.15, -0.1) is 0 Å². The summed E-state index contributed by atoms with van der Waals surface area (Å²) >= 11 is 0. The van der Waals surface area contributed by atoms with Crippen LogP contribution in [0.4, 0.5) is 5.69 Å². The molecule has 0 aliphatic carbocycles. The number of amides is 2. The maximum atomic E-state index is 12.8. The van der Waals surface area contributed by atoms with E-state index in [0.717, 1.165) is 18.4 Å². The Labute approximate surface area is 188 Å². The summed E-state index contributed by atoms with van der Waals surface area (Å²) < 4.78 is 28.4. The van der Waals surface area contributed by atoms with Gasteiger partial charge < -0.3 is 10.1 Å². The van der Waals surface area contributed by atoms with Crippen LogP contribution in [0.1, 0.15) is 44.6 Å². The number of benzene rings is 2. The van der Waals surface area contributed by atoms with E-state index in [9.17, 15) is 18.0 Å². The smallest absolute Gasteiger partial charge is 0.251 e. The quantitative estimate of drug-likeness (QED) is 0.394. The lowest BCUT2D eigenvalue weighted by Crippen LogP contribution is -2.38. The molecule has 1 saturated heterocycles. The summed E-state index contributed by atoms with van der Waals surface area (Å²) in [6.45, 7) is 3.12. The minimum absolute atomic E-state index is 0.0212. The zero-order chi connectivity index (χ0) is 23.1. The molecule has 0 unspecified atom stereocenters. The fraction of sp³-hybridized carbons (Fsp3) is 0.391. The highest BCUT2D eigenvalue weighted by molar-refractivity contribution is 7.89. The Hall–Kier alpha value is -2.75. The van der Waals surface area contributed by atoms with Gasteiger partial charge in [-0.2, -0.15) is 0 Å². The fourth-order valence-electron chi connectivity index (χ4n) is 3.51. The first-order valence-corrected chi connectivity index (χ1v) is 12.3. The molecule has 1 heterocycles. The van der Waals surface area contributed by atoms with Crippen LogP contribution >= 0.6 is 0 Å². The Bertz CT molecular complexity index is 1040. The highest BCUT2D eigenvalue weighted by atomic mass is 32.2. The molecule has 0 spiro atoms. The highest BCUT2D eigenvalue weighted by Crippen LogP contribution is 2.25. The third-order valence-corrected chi connectivity index (χ3v) is 6.24. The molecule has 1 aliphatic rings. The van der Waals surface area contributed by atoms with E-state index in [4.69, 9.17) is 9.88 Å². The SMILES string of the molecule is CCCCCCOc1ccc(N2C(=O)C[C@H](NCc3ccc(S(N)(=O)=O)cc3)C2=O)cc1. The molecule has 9 heteroatoms. The fourth-order valence-corrected chi connectivity index (χ4v) is 4.03. The average Bonchev–Trinajstić information content (AvgIpc) is 3.05. The number of rotatable bonds is 11. The van der Waals surface area contributed by atoms with E-state index in [0.29, 0.717) is 24.6 Å². The number of hydrogen-bond acceptors (Lipinski definition) is 6. The zero-order valence-electron chi connectivity index (χ0n) is 18.1. The maximum Gasteiger partial charge on any atom is 0.251 e. The van der Waals surface area contributed by atoms with Gasteiger partial charge in [-0.1, -0.05) is 38.3 Å². The summed E-state index contributed by atoms with van der Waals surface area (Å²) in [7, 11) is -3.75. The molecule has 0 saturated carbocycles. The average molecular weight is 460 g/mol. The number of primary sulfonamides is 1. The number of unbranched alkanes of at least 4 members (excludes halogenated alkanes) is 3. The lowest BCUT2D eigenvalue weighted by molar-refractivity contribution is -0.121. The minimum Gasteiger partial charge on any atom is -0.494 e. The van der Waals surface area contributed by atoms with Crippen LogP contribution in [-0.2, 0) is 26.2 Å². The summed E-state index contributed by atoms with van der Waals surface area (Å²) in [5, 5.41) is 8.17. The van der Waals surface area contributed by atoms with Crippen molar-refractivity contribution in [1.82, 2.24) is 5.32 Å². The number of hydrogen-bond donors (Lipinski definition) is 2. The predicted octanol–water partition coefficient (Wildman–Crippen LogP) is 2.71. The van der Waals surface area contributed by atoms with Crippen LogP contribution in [0.2, 0.25) is 0 Å². The molecule has 1 fully saturated rings. The summed E-state index contributed by atoms with van der Waals surface area (Å²) in [6.07, 6.45) is 4.56. The lowest BCUT2D eigenvalue weighted by atomic mass is 10.2. The van der Waals surface area contributed by atoms with Crippen molar-refractivity contribution < 1.29 is 22.7 Å². The van der Waals surface area contributed by atoms with Gasteiger partial charge in [0.1, 0.15) is 5.75 Å². The Morgan fingerprint density at radius 1 is 1.03 bits per heavy atom. The zero-order valence-corrected chi connectivity index (χ0v) is 18.9. The molecule has 2 aromatic carbocycles. The van der Waals surface area contributed by atoms with Crippen molar-refractivity contribution in [3.05, 3.63) is 54.1 Å². The molecule has 0 bridgehead atoms.